The van der Waals surface area contributed by atoms with Gasteiger partial charge < -0.3 is 4.74 Å². The van der Waals surface area contributed by atoms with Gasteiger partial charge in [0, 0.05) is 0 Å². The molecule has 0 radical (unpaired) electrons. The maximum atomic E-state index is 13.2. The molecule has 0 saturated carbocycles. The summed E-state index contributed by atoms with van der Waals surface area (Å²) in [6.45, 7) is 3.72. The molecule has 3 aromatic rings. The van der Waals surface area contributed by atoms with Crippen molar-refractivity contribution in [3.05, 3.63) is 104 Å². The van der Waals surface area contributed by atoms with Crippen molar-refractivity contribution in [2.45, 2.75) is 13.3 Å². The minimum absolute atomic E-state index is 0.243. The van der Waals surface area contributed by atoms with E-state index in [1.165, 1.54) is 0 Å². The molecule has 0 fully saturated rings. The van der Waals surface area contributed by atoms with Crippen LogP contribution in [-0.2, 0) is 9.53 Å². The molecule has 0 atom stereocenters. The minimum atomic E-state index is -2.39. The smallest absolute Gasteiger partial charge is 0.335 e. The first kappa shape index (κ1) is 19.9. The van der Waals surface area contributed by atoms with Crippen molar-refractivity contribution < 1.29 is 9.53 Å². The van der Waals surface area contributed by atoms with Crippen LogP contribution in [0.25, 0.3) is 0 Å². The molecule has 0 aromatic heterocycles. The zero-order valence-electron chi connectivity index (χ0n) is 16.1. The molecular formula is C25H25O2P. The molecule has 2 nitrogen and oxygen atoms in total. The Hall–Kier alpha value is -2.83. The van der Waals surface area contributed by atoms with Crippen molar-refractivity contribution in [1.29, 1.82) is 0 Å². The second-order valence-electron chi connectivity index (χ2n) is 6.34. The topological polar surface area (TPSA) is 26.3 Å². The molecule has 28 heavy (non-hydrogen) atoms. The van der Waals surface area contributed by atoms with E-state index in [0.29, 0.717) is 13.0 Å². The highest BCUT2D eigenvalue weighted by molar-refractivity contribution is 7.96. The van der Waals surface area contributed by atoms with Gasteiger partial charge in [-0.1, -0.05) is 97.1 Å². The van der Waals surface area contributed by atoms with E-state index >= 15 is 0 Å². The molecule has 3 aromatic carbocycles. The summed E-state index contributed by atoms with van der Waals surface area (Å²) in [5, 5.41) is 4.18. The van der Waals surface area contributed by atoms with Crippen LogP contribution in [0.4, 0.5) is 0 Å². The number of hydrogen-bond acceptors (Lipinski definition) is 2. The highest BCUT2D eigenvalue weighted by Gasteiger charge is 2.32. The lowest BCUT2D eigenvalue weighted by atomic mass is 10.3. The molecule has 0 bridgehead atoms. The van der Waals surface area contributed by atoms with E-state index in [0.717, 1.165) is 21.2 Å². The van der Waals surface area contributed by atoms with Crippen LogP contribution < -0.4 is 15.9 Å². The molecule has 0 unspecified atom stereocenters. The highest BCUT2D eigenvalue weighted by Crippen LogP contribution is 2.47. The normalized spacial score (nSPS) is 10.9. The van der Waals surface area contributed by atoms with Gasteiger partial charge in [-0.25, -0.2) is 4.79 Å². The Balaban J connectivity index is 2.55. The first-order chi connectivity index (χ1) is 13.7. The van der Waals surface area contributed by atoms with Crippen molar-refractivity contribution in [1.82, 2.24) is 0 Å². The number of hydrogen-bond donors (Lipinski definition) is 0. The summed E-state index contributed by atoms with van der Waals surface area (Å²) in [6, 6.07) is 30.9. The SMILES string of the molecule is C=CCC(C(=O)OCC)=P(c1ccccc1)(c1ccccc1)c1ccccc1. The monoisotopic (exact) mass is 388 g/mol. The van der Waals surface area contributed by atoms with E-state index in [4.69, 9.17) is 4.74 Å². The molecule has 0 heterocycles. The fourth-order valence-corrected chi connectivity index (χ4v) is 8.01. The second kappa shape index (κ2) is 9.39. The Morgan fingerprint density at radius 2 is 1.21 bits per heavy atom. The second-order valence-corrected chi connectivity index (χ2v) is 9.77. The molecule has 0 aliphatic rings. The minimum Gasteiger partial charge on any atom is -0.463 e. The van der Waals surface area contributed by atoms with Crippen LogP contribution in [0.1, 0.15) is 13.3 Å². The van der Waals surface area contributed by atoms with Gasteiger partial charge in [0.1, 0.15) is 0 Å². The van der Waals surface area contributed by atoms with Gasteiger partial charge in [-0.15, -0.1) is 6.58 Å². The fraction of sp³-hybridized carbons (Fsp3) is 0.120. The van der Waals surface area contributed by atoms with Crippen LogP contribution in [0.5, 0.6) is 0 Å². The predicted molar refractivity (Wildman–Crippen MR) is 122 cm³/mol. The van der Waals surface area contributed by atoms with Crippen LogP contribution in [-0.4, -0.2) is 17.9 Å². The Morgan fingerprint density at radius 3 is 1.54 bits per heavy atom. The molecule has 0 N–H and O–H groups in total. The first-order valence-electron chi connectivity index (χ1n) is 9.45. The van der Waals surface area contributed by atoms with Gasteiger partial charge in [-0.05, 0) is 36.1 Å². The predicted octanol–water partition coefficient (Wildman–Crippen LogP) is 4.29. The lowest BCUT2D eigenvalue weighted by Gasteiger charge is -2.31. The number of rotatable bonds is 7. The maximum Gasteiger partial charge on any atom is 0.335 e. The van der Waals surface area contributed by atoms with Gasteiger partial charge in [0.05, 0.1) is 11.9 Å². The summed E-state index contributed by atoms with van der Waals surface area (Å²) in [6.07, 6.45) is 2.28. The number of allylic oxidation sites excluding steroid dienone is 1. The van der Waals surface area contributed by atoms with Crippen LogP contribution in [0.3, 0.4) is 0 Å². The van der Waals surface area contributed by atoms with Gasteiger partial charge in [0.2, 0.25) is 0 Å². The van der Waals surface area contributed by atoms with Crippen molar-refractivity contribution in [3.63, 3.8) is 0 Å². The molecule has 0 aliphatic carbocycles. The average Bonchev–Trinajstić information content (AvgIpc) is 2.76. The van der Waals surface area contributed by atoms with Crippen LogP contribution in [0.2, 0.25) is 0 Å². The van der Waals surface area contributed by atoms with Gasteiger partial charge in [-0.3, -0.25) is 0 Å². The number of carbonyl (C=O) groups excluding carboxylic acids is 1. The summed E-state index contributed by atoms with van der Waals surface area (Å²) in [5.41, 5.74) is 0. The number of benzene rings is 3. The summed E-state index contributed by atoms with van der Waals surface area (Å²) < 4.78 is 5.53. The number of esters is 1. The van der Waals surface area contributed by atoms with Crippen molar-refractivity contribution in [2.75, 3.05) is 6.61 Å². The third-order valence-corrected chi connectivity index (χ3v) is 9.08. The number of carbonyl (C=O) groups is 1. The van der Waals surface area contributed by atoms with E-state index in [1.807, 2.05) is 61.5 Å². The molecular weight excluding hydrogens is 363 g/mol. The average molecular weight is 388 g/mol. The Morgan fingerprint density at radius 1 is 0.821 bits per heavy atom. The lowest BCUT2D eigenvalue weighted by molar-refractivity contribution is -0.134. The standard InChI is InChI=1S/C25H25O2P/c1-3-14-24(25(26)27-4-2)28(21-15-8-5-9-16-21,22-17-10-6-11-18-22)23-19-12-7-13-20-23/h3,5-13,15-20H,1,4,14H2,2H3. The molecule has 142 valence electrons. The maximum absolute atomic E-state index is 13.2. The molecule has 3 heteroatoms. The van der Waals surface area contributed by atoms with Gasteiger partial charge in [0.15, 0.2) is 0 Å². The van der Waals surface area contributed by atoms with E-state index in [1.54, 1.807) is 6.08 Å². The summed E-state index contributed by atoms with van der Waals surface area (Å²) >= 11 is 0. The highest BCUT2D eigenvalue weighted by atomic mass is 31.2. The Kier molecular flexibility index (Phi) is 6.68. The zero-order chi connectivity index (χ0) is 19.8. The van der Waals surface area contributed by atoms with Crippen molar-refractivity contribution >= 4 is 34.1 Å². The molecule has 0 saturated heterocycles. The number of ether oxygens (including phenoxy) is 1. The molecule has 0 amide bonds. The van der Waals surface area contributed by atoms with E-state index < -0.39 is 6.89 Å². The quantitative estimate of drug-likeness (QED) is 0.343. The summed E-state index contributed by atoms with van der Waals surface area (Å²) in [7, 11) is 0. The van der Waals surface area contributed by atoms with Crippen LogP contribution in [0, 0.1) is 0 Å². The van der Waals surface area contributed by atoms with E-state index in [-0.39, 0.29) is 5.97 Å². The van der Waals surface area contributed by atoms with Gasteiger partial charge >= 0.3 is 5.97 Å². The van der Waals surface area contributed by atoms with Crippen LogP contribution >= 0.6 is 6.89 Å². The Labute approximate surface area is 167 Å². The fourth-order valence-electron chi connectivity index (χ4n) is 3.58. The van der Waals surface area contributed by atoms with Gasteiger partial charge in [-0.2, -0.15) is 0 Å². The zero-order valence-corrected chi connectivity index (χ0v) is 17.0. The lowest BCUT2D eigenvalue weighted by Crippen LogP contribution is -2.34. The largest absolute Gasteiger partial charge is 0.463 e. The van der Waals surface area contributed by atoms with Crippen molar-refractivity contribution in [2.24, 2.45) is 0 Å². The van der Waals surface area contributed by atoms with E-state index in [2.05, 4.69) is 43.0 Å². The first-order valence-corrected chi connectivity index (χ1v) is 11.2. The van der Waals surface area contributed by atoms with Gasteiger partial charge in [0.25, 0.3) is 0 Å². The third-order valence-electron chi connectivity index (χ3n) is 4.68. The molecule has 0 spiro atoms. The third kappa shape index (κ3) is 3.74. The van der Waals surface area contributed by atoms with Crippen LogP contribution in [0.15, 0.2) is 104 Å². The molecule has 3 rings (SSSR count). The van der Waals surface area contributed by atoms with E-state index in [9.17, 15) is 4.79 Å². The van der Waals surface area contributed by atoms with Crippen molar-refractivity contribution in [3.8, 4) is 0 Å². The summed E-state index contributed by atoms with van der Waals surface area (Å²) in [4.78, 5) is 13.2. The Bertz CT molecular complexity index is 873. The molecule has 0 aliphatic heterocycles. The summed E-state index contributed by atoms with van der Waals surface area (Å²) in [5.74, 6) is -0.243.